The Hall–Kier alpha value is -2.04. The molecule has 0 aliphatic carbocycles. The summed E-state index contributed by atoms with van der Waals surface area (Å²) >= 11 is 0. The number of hydrogen-bond acceptors (Lipinski definition) is 4. The Morgan fingerprint density at radius 3 is 2.96 bits per heavy atom. The zero-order valence-corrected chi connectivity index (χ0v) is 14.2. The van der Waals surface area contributed by atoms with E-state index in [9.17, 15) is 4.79 Å². The highest BCUT2D eigenvalue weighted by molar-refractivity contribution is 5.69. The summed E-state index contributed by atoms with van der Waals surface area (Å²) in [6, 6.07) is 2.01. The van der Waals surface area contributed by atoms with E-state index in [1.807, 2.05) is 32.9 Å². The van der Waals surface area contributed by atoms with Crippen molar-refractivity contribution in [3.8, 4) is 5.75 Å². The lowest BCUT2D eigenvalue weighted by molar-refractivity contribution is 0.0187. The first kappa shape index (κ1) is 17.3. The van der Waals surface area contributed by atoms with Crippen LogP contribution >= 0.6 is 0 Å². The average Bonchev–Trinajstić information content (AvgIpc) is 2.93. The van der Waals surface area contributed by atoms with E-state index in [-0.39, 0.29) is 12.1 Å². The van der Waals surface area contributed by atoms with Crippen molar-refractivity contribution in [1.82, 2.24) is 9.88 Å². The Morgan fingerprint density at radius 1 is 1.48 bits per heavy atom. The van der Waals surface area contributed by atoms with Gasteiger partial charge in [-0.3, -0.25) is 4.98 Å². The number of ether oxygens (including phenoxy) is 2. The third kappa shape index (κ3) is 5.27. The molecule has 1 aromatic rings. The minimum Gasteiger partial charge on any atom is -0.490 e. The van der Waals surface area contributed by atoms with E-state index in [4.69, 9.17) is 9.47 Å². The van der Waals surface area contributed by atoms with Gasteiger partial charge in [0.1, 0.15) is 18.0 Å². The van der Waals surface area contributed by atoms with E-state index in [0.29, 0.717) is 6.61 Å². The zero-order valence-electron chi connectivity index (χ0n) is 14.2. The molecule has 1 fully saturated rings. The van der Waals surface area contributed by atoms with Crippen LogP contribution in [0.1, 0.15) is 39.2 Å². The van der Waals surface area contributed by atoms with Crippen LogP contribution in [0.3, 0.4) is 0 Å². The van der Waals surface area contributed by atoms with Gasteiger partial charge in [0.2, 0.25) is 0 Å². The second-order valence-corrected chi connectivity index (χ2v) is 6.80. The topological polar surface area (TPSA) is 51.7 Å². The van der Waals surface area contributed by atoms with Crippen LogP contribution in [0.15, 0.2) is 31.1 Å². The lowest BCUT2D eigenvalue weighted by Gasteiger charge is -2.28. The Morgan fingerprint density at radius 2 is 2.26 bits per heavy atom. The fourth-order valence-corrected chi connectivity index (χ4v) is 2.58. The molecule has 0 N–H and O–H groups in total. The minimum absolute atomic E-state index is 0.0490. The Bertz CT molecular complexity index is 551. The molecule has 0 bridgehead atoms. The molecule has 0 saturated carbocycles. The number of hydrogen-bond donors (Lipinski definition) is 0. The molecule has 5 heteroatoms. The fraction of sp³-hybridized carbons (Fsp3) is 0.556. The third-order valence-corrected chi connectivity index (χ3v) is 3.60. The van der Waals surface area contributed by atoms with Crippen LogP contribution in [0.25, 0.3) is 0 Å². The SMILES string of the molecule is C=CCc1cncc(OC[C@@H]2CCCN2C(=O)OC(C)(C)C)c1. The van der Waals surface area contributed by atoms with Crippen LogP contribution in [-0.4, -0.2) is 40.8 Å². The number of allylic oxidation sites excluding steroid dienone is 1. The van der Waals surface area contributed by atoms with Crippen LogP contribution in [0.4, 0.5) is 4.79 Å². The van der Waals surface area contributed by atoms with Gasteiger partial charge in [-0.15, -0.1) is 6.58 Å². The van der Waals surface area contributed by atoms with Gasteiger partial charge < -0.3 is 14.4 Å². The molecule has 5 nitrogen and oxygen atoms in total. The maximum atomic E-state index is 12.2. The van der Waals surface area contributed by atoms with Crippen LogP contribution in [0.5, 0.6) is 5.75 Å². The molecule has 1 aliphatic rings. The number of amides is 1. The number of aromatic nitrogens is 1. The van der Waals surface area contributed by atoms with Gasteiger partial charge >= 0.3 is 6.09 Å². The van der Waals surface area contributed by atoms with Crippen LogP contribution in [0.2, 0.25) is 0 Å². The zero-order chi connectivity index (χ0) is 16.9. The molecule has 1 saturated heterocycles. The first-order valence-electron chi connectivity index (χ1n) is 8.06. The molecule has 2 heterocycles. The molecule has 1 aliphatic heterocycles. The maximum absolute atomic E-state index is 12.2. The molecular formula is C18H26N2O3. The summed E-state index contributed by atoms with van der Waals surface area (Å²) in [6.45, 7) is 10.5. The highest BCUT2D eigenvalue weighted by Gasteiger charge is 2.32. The molecule has 1 aromatic heterocycles. The largest absolute Gasteiger partial charge is 0.490 e. The summed E-state index contributed by atoms with van der Waals surface area (Å²) in [5, 5.41) is 0. The number of carbonyl (C=O) groups is 1. The second-order valence-electron chi connectivity index (χ2n) is 6.80. The lowest BCUT2D eigenvalue weighted by atomic mass is 10.2. The molecule has 126 valence electrons. The van der Waals surface area contributed by atoms with Gasteiger partial charge in [0, 0.05) is 12.7 Å². The highest BCUT2D eigenvalue weighted by Crippen LogP contribution is 2.22. The Labute approximate surface area is 138 Å². The van der Waals surface area contributed by atoms with Crippen LogP contribution < -0.4 is 4.74 Å². The third-order valence-electron chi connectivity index (χ3n) is 3.60. The predicted molar refractivity (Wildman–Crippen MR) is 89.6 cm³/mol. The standard InChI is InChI=1S/C18H26N2O3/c1-5-7-14-10-16(12-19-11-14)22-13-15-8-6-9-20(15)17(21)23-18(2,3)4/h5,10-12,15H,1,6-9,13H2,2-4H3/t15-/m0/s1. The van der Waals surface area contributed by atoms with Crippen molar-refractivity contribution in [2.75, 3.05) is 13.2 Å². The Balaban J connectivity index is 1.92. The minimum atomic E-state index is -0.478. The van der Waals surface area contributed by atoms with Gasteiger partial charge in [0.15, 0.2) is 0 Å². The molecule has 1 amide bonds. The van der Waals surface area contributed by atoms with Gasteiger partial charge in [0.05, 0.1) is 12.2 Å². The van der Waals surface area contributed by atoms with Gasteiger partial charge in [-0.1, -0.05) is 6.08 Å². The van der Waals surface area contributed by atoms with Crippen molar-refractivity contribution >= 4 is 6.09 Å². The summed E-state index contributed by atoms with van der Waals surface area (Å²) < 4.78 is 11.3. The molecule has 0 unspecified atom stereocenters. The monoisotopic (exact) mass is 318 g/mol. The van der Waals surface area contributed by atoms with Crippen LogP contribution in [0, 0.1) is 0 Å². The van der Waals surface area contributed by atoms with Crippen molar-refractivity contribution in [3.05, 3.63) is 36.7 Å². The molecule has 0 radical (unpaired) electrons. The van der Waals surface area contributed by atoms with E-state index in [0.717, 1.165) is 37.1 Å². The van der Waals surface area contributed by atoms with E-state index < -0.39 is 5.60 Å². The number of rotatable bonds is 5. The van der Waals surface area contributed by atoms with Gasteiger partial charge in [0.25, 0.3) is 0 Å². The predicted octanol–water partition coefficient (Wildman–Crippen LogP) is 3.59. The summed E-state index contributed by atoms with van der Waals surface area (Å²) in [6.07, 6.45) is 7.74. The number of likely N-dealkylation sites (tertiary alicyclic amines) is 1. The molecule has 2 rings (SSSR count). The van der Waals surface area contributed by atoms with Crippen molar-refractivity contribution in [2.45, 2.75) is 51.7 Å². The molecule has 0 spiro atoms. The van der Waals surface area contributed by atoms with E-state index >= 15 is 0 Å². The maximum Gasteiger partial charge on any atom is 0.410 e. The molecule has 23 heavy (non-hydrogen) atoms. The summed E-state index contributed by atoms with van der Waals surface area (Å²) in [4.78, 5) is 18.2. The van der Waals surface area contributed by atoms with Gasteiger partial charge in [-0.25, -0.2) is 4.79 Å². The summed E-state index contributed by atoms with van der Waals surface area (Å²) in [7, 11) is 0. The fourth-order valence-electron chi connectivity index (χ4n) is 2.58. The molecule has 1 atom stereocenters. The van der Waals surface area contributed by atoms with Crippen molar-refractivity contribution in [1.29, 1.82) is 0 Å². The van der Waals surface area contributed by atoms with Gasteiger partial charge in [-0.05, 0) is 51.7 Å². The first-order chi connectivity index (χ1) is 10.9. The lowest BCUT2D eigenvalue weighted by Crippen LogP contribution is -2.42. The quantitative estimate of drug-likeness (QED) is 0.779. The Kier molecular flexibility index (Phi) is 5.64. The summed E-state index contributed by atoms with van der Waals surface area (Å²) in [5.41, 5.74) is 0.585. The number of carbonyl (C=O) groups excluding carboxylic acids is 1. The number of nitrogens with zero attached hydrogens (tertiary/aromatic N) is 2. The van der Waals surface area contributed by atoms with Crippen molar-refractivity contribution in [2.24, 2.45) is 0 Å². The van der Waals surface area contributed by atoms with E-state index in [2.05, 4.69) is 11.6 Å². The summed E-state index contributed by atoms with van der Waals surface area (Å²) in [5.74, 6) is 0.723. The highest BCUT2D eigenvalue weighted by atomic mass is 16.6. The van der Waals surface area contributed by atoms with E-state index in [1.54, 1.807) is 17.3 Å². The smallest absolute Gasteiger partial charge is 0.410 e. The van der Waals surface area contributed by atoms with Crippen molar-refractivity contribution < 1.29 is 14.3 Å². The van der Waals surface area contributed by atoms with Gasteiger partial charge in [-0.2, -0.15) is 0 Å². The molecular weight excluding hydrogens is 292 g/mol. The van der Waals surface area contributed by atoms with Crippen LogP contribution in [-0.2, 0) is 11.2 Å². The molecule has 0 aromatic carbocycles. The average molecular weight is 318 g/mol. The first-order valence-corrected chi connectivity index (χ1v) is 8.06. The van der Waals surface area contributed by atoms with E-state index in [1.165, 1.54) is 0 Å². The number of pyridine rings is 1. The van der Waals surface area contributed by atoms with Crippen molar-refractivity contribution in [3.63, 3.8) is 0 Å². The second kappa shape index (κ2) is 7.49. The normalized spacial score (nSPS) is 17.9.